The van der Waals surface area contributed by atoms with Gasteiger partial charge in [-0.15, -0.1) is 0 Å². The first kappa shape index (κ1) is 16.8. The van der Waals surface area contributed by atoms with Gasteiger partial charge in [0.05, 0.1) is 19.9 Å². The highest BCUT2D eigenvalue weighted by molar-refractivity contribution is 6.07. The molecule has 6 heteroatoms. The van der Waals surface area contributed by atoms with E-state index in [-0.39, 0.29) is 5.91 Å². The summed E-state index contributed by atoms with van der Waals surface area (Å²) in [7, 11) is 3.18. The Hall–Kier alpha value is -3.02. The van der Waals surface area contributed by atoms with Gasteiger partial charge in [0.1, 0.15) is 11.5 Å². The number of hydrogen-bond acceptors (Lipinski definition) is 5. The third kappa shape index (κ3) is 3.74. The molecule has 2 aromatic carbocycles. The Balaban J connectivity index is 1.70. The van der Waals surface area contributed by atoms with Crippen LogP contribution in [0.1, 0.15) is 17.5 Å². The van der Waals surface area contributed by atoms with Crippen LogP contribution in [-0.4, -0.2) is 31.9 Å². The van der Waals surface area contributed by atoms with Crippen LogP contribution in [0.3, 0.4) is 0 Å². The highest BCUT2D eigenvalue weighted by atomic mass is 16.6. The Morgan fingerprint density at radius 1 is 1.16 bits per heavy atom. The second kappa shape index (κ2) is 7.25. The zero-order valence-electron chi connectivity index (χ0n) is 14.4. The molecular weight excluding hydrogens is 320 g/mol. The molecule has 25 heavy (non-hydrogen) atoms. The second-order valence-corrected chi connectivity index (χ2v) is 5.76. The molecule has 1 amide bonds. The van der Waals surface area contributed by atoms with Crippen LogP contribution in [0.5, 0.6) is 11.5 Å². The first-order valence-electron chi connectivity index (χ1n) is 7.93. The van der Waals surface area contributed by atoms with E-state index in [9.17, 15) is 4.79 Å². The summed E-state index contributed by atoms with van der Waals surface area (Å²) >= 11 is 0. The summed E-state index contributed by atoms with van der Waals surface area (Å²) in [6.45, 7) is 1.99. The van der Waals surface area contributed by atoms with Crippen molar-refractivity contribution in [2.45, 2.75) is 19.4 Å². The third-order valence-corrected chi connectivity index (χ3v) is 4.00. The maximum Gasteiger partial charge on any atom is 0.268 e. The fourth-order valence-corrected chi connectivity index (χ4v) is 2.58. The van der Waals surface area contributed by atoms with Crippen molar-refractivity contribution >= 4 is 17.3 Å². The summed E-state index contributed by atoms with van der Waals surface area (Å²) in [5.41, 5.74) is 3.27. The molecule has 0 radical (unpaired) electrons. The fraction of sp³-hybridized carbons (Fsp3) is 0.263. The predicted molar refractivity (Wildman–Crippen MR) is 95.4 cm³/mol. The Kier molecular flexibility index (Phi) is 4.88. The van der Waals surface area contributed by atoms with Gasteiger partial charge in [0.2, 0.25) is 6.10 Å². The summed E-state index contributed by atoms with van der Waals surface area (Å²) in [5, 5.41) is 6.91. The minimum Gasteiger partial charge on any atom is -0.497 e. The minimum atomic E-state index is -0.674. The number of methoxy groups -OCH3 is 2. The molecule has 1 unspecified atom stereocenters. The van der Waals surface area contributed by atoms with Gasteiger partial charge in [-0.05, 0) is 37.3 Å². The van der Waals surface area contributed by atoms with E-state index >= 15 is 0 Å². The maximum absolute atomic E-state index is 12.4. The highest BCUT2D eigenvalue weighted by Crippen LogP contribution is 2.29. The van der Waals surface area contributed by atoms with E-state index in [1.165, 1.54) is 0 Å². The molecule has 6 nitrogen and oxygen atoms in total. The number of hydrogen-bond donors (Lipinski definition) is 1. The first-order valence-corrected chi connectivity index (χ1v) is 7.93. The first-order chi connectivity index (χ1) is 12.1. The molecule has 1 atom stereocenters. The number of carbonyl (C=O) groups excluding carboxylic acids is 1. The van der Waals surface area contributed by atoms with Gasteiger partial charge in [-0.2, -0.15) is 0 Å². The Morgan fingerprint density at radius 2 is 1.92 bits per heavy atom. The van der Waals surface area contributed by atoms with E-state index < -0.39 is 6.10 Å². The molecule has 2 aromatic rings. The summed E-state index contributed by atoms with van der Waals surface area (Å²) in [6, 6.07) is 13.0. The largest absolute Gasteiger partial charge is 0.497 e. The molecule has 1 heterocycles. The quantitative estimate of drug-likeness (QED) is 0.908. The standard InChI is InChI=1S/C19H20N2O4/c1-12-4-6-13(7-5-12)20-19(22)18-11-16(21-25-18)15-10-14(23-2)8-9-17(15)24-3/h4-10,18H,11H2,1-3H3,(H,20,22). The summed E-state index contributed by atoms with van der Waals surface area (Å²) in [6.07, 6.45) is -0.312. The van der Waals surface area contributed by atoms with Crippen molar-refractivity contribution in [1.82, 2.24) is 0 Å². The number of carbonyl (C=O) groups is 1. The molecule has 1 N–H and O–H groups in total. The molecule has 0 saturated heterocycles. The van der Waals surface area contributed by atoms with Crippen molar-refractivity contribution in [3.63, 3.8) is 0 Å². The van der Waals surface area contributed by atoms with Gasteiger partial charge in [0.15, 0.2) is 0 Å². The summed E-state index contributed by atoms with van der Waals surface area (Å²) in [5.74, 6) is 1.11. The van der Waals surface area contributed by atoms with Crippen molar-refractivity contribution in [3.05, 3.63) is 53.6 Å². The zero-order chi connectivity index (χ0) is 17.8. The molecule has 0 fully saturated rings. The van der Waals surface area contributed by atoms with Crippen LogP contribution < -0.4 is 14.8 Å². The Labute approximate surface area is 146 Å². The van der Waals surface area contributed by atoms with Crippen LogP contribution in [-0.2, 0) is 9.63 Å². The van der Waals surface area contributed by atoms with E-state index in [4.69, 9.17) is 14.3 Å². The topological polar surface area (TPSA) is 69.1 Å². The molecule has 0 aliphatic carbocycles. The number of benzene rings is 2. The molecule has 1 aliphatic heterocycles. The van der Waals surface area contributed by atoms with Crippen molar-refractivity contribution in [1.29, 1.82) is 0 Å². The molecule has 0 bridgehead atoms. The number of rotatable bonds is 5. The van der Waals surface area contributed by atoms with E-state index in [1.54, 1.807) is 26.4 Å². The van der Waals surface area contributed by atoms with Gasteiger partial charge in [-0.25, -0.2) is 0 Å². The van der Waals surface area contributed by atoms with Crippen LogP contribution in [0.25, 0.3) is 0 Å². The molecule has 0 aromatic heterocycles. The Bertz CT molecular complexity index is 800. The lowest BCUT2D eigenvalue weighted by molar-refractivity contribution is -0.125. The number of anilines is 1. The molecule has 130 valence electrons. The van der Waals surface area contributed by atoms with Crippen LogP contribution in [0.4, 0.5) is 5.69 Å². The van der Waals surface area contributed by atoms with Gasteiger partial charge >= 0.3 is 0 Å². The van der Waals surface area contributed by atoms with E-state index in [1.807, 2.05) is 37.3 Å². The normalized spacial score (nSPS) is 16.0. The van der Waals surface area contributed by atoms with Gasteiger partial charge in [0.25, 0.3) is 5.91 Å². The molecule has 0 saturated carbocycles. The molecular formula is C19H20N2O4. The van der Waals surface area contributed by atoms with Crippen LogP contribution >= 0.6 is 0 Å². The number of ether oxygens (including phenoxy) is 2. The van der Waals surface area contributed by atoms with Crippen LogP contribution in [0.2, 0.25) is 0 Å². The van der Waals surface area contributed by atoms with Crippen molar-refractivity contribution in [3.8, 4) is 11.5 Å². The van der Waals surface area contributed by atoms with Crippen LogP contribution in [0, 0.1) is 6.92 Å². The van der Waals surface area contributed by atoms with Gasteiger partial charge in [-0.3, -0.25) is 4.79 Å². The van der Waals surface area contributed by atoms with Crippen LogP contribution in [0.15, 0.2) is 47.6 Å². The Morgan fingerprint density at radius 3 is 2.60 bits per heavy atom. The number of aryl methyl sites for hydroxylation is 1. The monoisotopic (exact) mass is 340 g/mol. The molecule has 1 aliphatic rings. The number of amides is 1. The predicted octanol–water partition coefficient (Wildman–Crippen LogP) is 3.14. The number of oxime groups is 1. The lowest BCUT2D eigenvalue weighted by atomic mass is 10.0. The number of nitrogens with one attached hydrogen (secondary N) is 1. The smallest absolute Gasteiger partial charge is 0.268 e. The minimum absolute atomic E-state index is 0.232. The van der Waals surface area contributed by atoms with E-state index in [0.717, 1.165) is 16.8 Å². The average Bonchev–Trinajstić information content (AvgIpc) is 3.13. The lowest BCUT2D eigenvalue weighted by Gasteiger charge is -2.11. The van der Waals surface area contributed by atoms with Gasteiger partial charge < -0.3 is 19.6 Å². The lowest BCUT2D eigenvalue weighted by Crippen LogP contribution is -2.28. The highest BCUT2D eigenvalue weighted by Gasteiger charge is 2.30. The molecule has 3 rings (SSSR count). The fourth-order valence-electron chi connectivity index (χ4n) is 2.58. The SMILES string of the molecule is COc1ccc(OC)c(C2=NOC(C(=O)Nc3ccc(C)cc3)C2)c1. The van der Waals surface area contributed by atoms with Crippen molar-refractivity contribution in [2.24, 2.45) is 5.16 Å². The van der Waals surface area contributed by atoms with E-state index in [2.05, 4.69) is 10.5 Å². The zero-order valence-corrected chi connectivity index (χ0v) is 14.4. The van der Waals surface area contributed by atoms with Crippen molar-refractivity contribution in [2.75, 3.05) is 19.5 Å². The summed E-state index contributed by atoms with van der Waals surface area (Å²) in [4.78, 5) is 17.7. The second-order valence-electron chi connectivity index (χ2n) is 5.76. The summed E-state index contributed by atoms with van der Waals surface area (Å²) < 4.78 is 10.6. The maximum atomic E-state index is 12.4. The van der Waals surface area contributed by atoms with Gasteiger partial charge in [-0.1, -0.05) is 22.9 Å². The average molecular weight is 340 g/mol. The van der Waals surface area contributed by atoms with E-state index in [0.29, 0.717) is 23.6 Å². The molecule has 0 spiro atoms. The number of nitrogens with zero attached hydrogens (tertiary/aromatic N) is 1. The van der Waals surface area contributed by atoms with Gasteiger partial charge in [0, 0.05) is 17.7 Å². The van der Waals surface area contributed by atoms with Crippen molar-refractivity contribution < 1.29 is 19.1 Å². The third-order valence-electron chi connectivity index (χ3n) is 4.00.